The van der Waals surface area contributed by atoms with E-state index in [1.807, 2.05) is 23.1 Å². The van der Waals surface area contributed by atoms with E-state index < -0.39 is 0 Å². The van der Waals surface area contributed by atoms with Crippen LogP contribution in [-0.2, 0) is 15.7 Å². The summed E-state index contributed by atoms with van der Waals surface area (Å²) in [7, 11) is 1.75. The predicted molar refractivity (Wildman–Crippen MR) is 167 cm³/mol. The van der Waals surface area contributed by atoms with Gasteiger partial charge in [0.2, 0.25) is 5.91 Å². The van der Waals surface area contributed by atoms with Gasteiger partial charge in [0.25, 0.3) is 0 Å². The van der Waals surface area contributed by atoms with Gasteiger partial charge in [-0.05, 0) is 107 Å². The fourth-order valence-corrected chi connectivity index (χ4v) is 7.79. The van der Waals surface area contributed by atoms with Crippen molar-refractivity contribution in [2.45, 2.75) is 109 Å². The number of nitrogens with zero attached hydrogens (tertiary/aromatic N) is 5. The van der Waals surface area contributed by atoms with E-state index in [4.69, 9.17) is 9.72 Å². The maximum Gasteiger partial charge on any atom is 0.231 e. The third-order valence-corrected chi connectivity index (χ3v) is 10.6. The fourth-order valence-electron chi connectivity index (χ4n) is 7.79. The van der Waals surface area contributed by atoms with Crippen molar-refractivity contribution in [3.63, 3.8) is 0 Å². The van der Waals surface area contributed by atoms with Crippen molar-refractivity contribution < 1.29 is 9.53 Å². The second-order valence-corrected chi connectivity index (χ2v) is 14.3. The molecule has 2 heterocycles. The highest BCUT2D eigenvalue weighted by atomic mass is 16.5. The first-order chi connectivity index (χ1) is 20.1. The highest BCUT2D eigenvalue weighted by molar-refractivity contribution is 5.94. The van der Waals surface area contributed by atoms with Crippen LogP contribution in [0, 0.1) is 18.3 Å². The van der Waals surface area contributed by atoms with Crippen LogP contribution < -0.4 is 9.64 Å². The molecule has 2 bridgehead atoms. The third-order valence-electron chi connectivity index (χ3n) is 10.6. The van der Waals surface area contributed by atoms with E-state index in [2.05, 4.69) is 60.9 Å². The number of fused-ring (bicyclic) bond motifs is 3. The molecule has 0 saturated heterocycles. The molecule has 42 heavy (non-hydrogen) atoms. The quantitative estimate of drug-likeness (QED) is 0.293. The van der Waals surface area contributed by atoms with E-state index in [1.54, 1.807) is 13.4 Å². The summed E-state index contributed by atoms with van der Waals surface area (Å²) in [5.41, 5.74) is 4.70. The minimum atomic E-state index is -0.113. The number of aryl methyl sites for hydroxylation is 1. The average molecular weight is 570 g/mol. The van der Waals surface area contributed by atoms with E-state index in [0.717, 1.165) is 74.3 Å². The number of rotatable bonds is 7. The molecule has 4 aliphatic carbocycles. The van der Waals surface area contributed by atoms with Gasteiger partial charge in [-0.1, -0.05) is 31.4 Å². The Kier molecular flexibility index (Phi) is 7.65. The van der Waals surface area contributed by atoms with Crippen LogP contribution in [-0.4, -0.2) is 39.3 Å². The van der Waals surface area contributed by atoms with Crippen LogP contribution in [0.15, 0.2) is 43.0 Å². The van der Waals surface area contributed by atoms with E-state index in [0.29, 0.717) is 0 Å². The second kappa shape index (κ2) is 11.1. The molecule has 0 atom stereocenters. The molecule has 0 aliphatic heterocycles. The second-order valence-electron chi connectivity index (χ2n) is 14.3. The molecule has 0 N–H and O–H groups in total. The SMILES string of the molecule is COc1ccc(C23CCC(CN(C(=O)C4CCCCC4)c4cc(-c5cnn(C(C)(C)C)c5)ncn4)(CC2)CC3)cc1C. The topological polar surface area (TPSA) is 73.1 Å². The largest absolute Gasteiger partial charge is 0.496 e. The first-order valence-electron chi connectivity index (χ1n) is 16.0. The lowest BCUT2D eigenvalue weighted by atomic mass is 9.51. The Hall–Kier alpha value is -3.22. The first-order valence-corrected chi connectivity index (χ1v) is 16.0. The molecule has 4 fully saturated rings. The molecule has 1 aromatic carbocycles. The predicted octanol–water partition coefficient (Wildman–Crippen LogP) is 7.62. The molecule has 7 nitrogen and oxygen atoms in total. The van der Waals surface area contributed by atoms with E-state index in [9.17, 15) is 4.79 Å². The normalized spacial score (nSPS) is 24.5. The number of hydrogen-bond donors (Lipinski definition) is 0. The van der Waals surface area contributed by atoms with Crippen molar-refractivity contribution in [2.75, 3.05) is 18.6 Å². The maximum absolute atomic E-state index is 14.2. The number of ether oxygens (including phenoxy) is 1. The molecule has 4 aliphatic rings. The Balaban J connectivity index is 1.27. The van der Waals surface area contributed by atoms with Crippen molar-refractivity contribution in [3.05, 3.63) is 54.1 Å². The summed E-state index contributed by atoms with van der Waals surface area (Å²) in [5.74, 6) is 2.04. The van der Waals surface area contributed by atoms with Crippen molar-refractivity contribution >= 4 is 11.7 Å². The number of benzene rings is 1. The summed E-state index contributed by atoms with van der Waals surface area (Å²) in [6.07, 6.45) is 18.0. The summed E-state index contributed by atoms with van der Waals surface area (Å²) in [6, 6.07) is 8.78. The zero-order chi connectivity index (χ0) is 29.5. The van der Waals surface area contributed by atoms with Gasteiger partial charge in [0.1, 0.15) is 17.9 Å². The van der Waals surface area contributed by atoms with Gasteiger partial charge in [-0.2, -0.15) is 5.10 Å². The van der Waals surface area contributed by atoms with Crippen molar-refractivity contribution in [3.8, 4) is 17.0 Å². The minimum absolute atomic E-state index is 0.0887. The number of hydrogen-bond acceptors (Lipinski definition) is 5. The van der Waals surface area contributed by atoms with Gasteiger partial charge >= 0.3 is 0 Å². The minimum Gasteiger partial charge on any atom is -0.496 e. The molecule has 3 aromatic rings. The lowest BCUT2D eigenvalue weighted by Gasteiger charge is -2.55. The van der Waals surface area contributed by atoms with Crippen LogP contribution in [0.4, 0.5) is 5.82 Å². The van der Waals surface area contributed by atoms with Gasteiger partial charge in [0.15, 0.2) is 0 Å². The lowest BCUT2D eigenvalue weighted by molar-refractivity contribution is -0.124. The van der Waals surface area contributed by atoms with Crippen LogP contribution in [0.25, 0.3) is 11.3 Å². The summed E-state index contributed by atoms with van der Waals surface area (Å²) in [5, 5.41) is 4.59. The van der Waals surface area contributed by atoms with Crippen molar-refractivity contribution in [1.82, 2.24) is 19.7 Å². The number of carbonyl (C=O) groups is 1. The number of amides is 1. The van der Waals surface area contributed by atoms with E-state index in [1.165, 1.54) is 36.8 Å². The highest BCUT2D eigenvalue weighted by Gasteiger charge is 2.50. The molecule has 0 radical (unpaired) electrons. The third kappa shape index (κ3) is 5.47. The Morgan fingerprint density at radius 3 is 2.36 bits per heavy atom. The van der Waals surface area contributed by atoms with Crippen LogP contribution in [0.3, 0.4) is 0 Å². The van der Waals surface area contributed by atoms with E-state index >= 15 is 0 Å². The van der Waals surface area contributed by atoms with Crippen molar-refractivity contribution in [1.29, 1.82) is 0 Å². The summed E-state index contributed by atoms with van der Waals surface area (Å²) >= 11 is 0. The smallest absolute Gasteiger partial charge is 0.231 e. The standard InChI is InChI=1S/C35H47N5O2/c1-25-19-28(11-12-30(25)42-5)35-16-13-34(14-17-35,15-18-35)23-39(32(41)26-9-7-6-8-10-26)31-20-29(36-24-37-31)27-21-38-40(22-27)33(2,3)4/h11-12,19-22,24,26H,6-10,13-18,23H2,1-5H3. The molecule has 2 aromatic heterocycles. The molecule has 0 unspecified atom stereocenters. The van der Waals surface area contributed by atoms with Crippen molar-refractivity contribution in [2.24, 2.45) is 11.3 Å². The van der Waals surface area contributed by atoms with Crippen LogP contribution in [0.5, 0.6) is 5.75 Å². The maximum atomic E-state index is 14.2. The number of methoxy groups -OCH3 is 1. The zero-order valence-electron chi connectivity index (χ0n) is 26.2. The van der Waals surface area contributed by atoms with Gasteiger partial charge in [-0.3, -0.25) is 14.4 Å². The van der Waals surface area contributed by atoms with Gasteiger partial charge in [0, 0.05) is 30.3 Å². The molecule has 224 valence electrons. The van der Waals surface area contributed by atoms with Crippen LogP contribution in [0.2, 0.25) is 0 Å². The molecule has 4 saturated carbocycles. The first kappa shape index (κ1) is 28.9. The molecule has 7 heteroatoms. The zero-order valence-corrected chi connectivity index (χ0v) is 26.2. The highest BCUT2D eigenvalue weighted by Crippen LogP contribution is 2.58. The molecular weight excluding hydrogens is 522 g/mol. The molecule has 0 spiro atoms. The monoisotopic (exact) mass is 569 g/mol. The lowest BCUT2D eigenvalue weighted by Crippen LogP contribution is -2.51. The summed E-state index contributed by atoms with van der Waals surface area (Å²) in [6.45, 7) is 9.30. The molecular formula is C35H47N5O2. The number of carbonyl (C=O) groups excluding carboxylic acids is 1. The Labute approximate surface area is 251 Å². The molecule has 1 amide bonds. The fraction of sp³-hybridized carbons (Fsp3) is 0.600. The summed E-state index contributed by atoms with van der Waals surface area (Å²) in [4.78, 5) is 25.6. The summed E-state index contributed by atoms with van der Waals surface area (Å²) < 4.78 is 7.50. The molecule has 7 rings (SSSR count). The Bertz CT molecular complexity index is 1410. The van der Waals surface area contributed by atoms with Gasteiger partial charge in [-0.15, -0.1) is 0 Å². The van der Waals surface area contributed by atoms with Gasteiger partial charge < -0.3 is 4.74 Å². The van der Waals surface area contributed by atoms with Gasteiger partial charge in [-0.25, -0.2) is 9.97 Å². The van der Waals surface area contributed by atoms with Gasteiger partial charge in [0.05, 0.1) is 24.5 Å². The van der Waals surface area contributed by atoms with Crippen LogP contribution >= 0.6 is 0 Å². The van der Waals surface area contributed by atoms with Crippen LogP contribution in [0.1, 0.15) is 103 Å². The average Bonchev–Trinajstić information content (AvgIpc) is 3.53. The number of anilines is 1. The Morgan fingerprint density at radius 1 is 1.02 bits per heavy atom. The number of aromatic nitrogens is 4. The Morgan fingerprint density at radius 2 is 1.74 bits per heavy atom. The van der Waals surface area contributed by atoms with E-state index in [-0.39, 0.29) is 28.2 Å².